The lowest BCUT2D eigenvalue weighted by Crippen LogP contribution is -2.26. The van der Waals surface area contributed by atoms with E-state index in [1.165, 1.54) is 30.6 Å². The molecule has 0 saturated heterocycles. The second-order valence-corrected chi connectivity index (χ2v) is 4.02. The summed E-state index contributed by atoms with van der Waals surface area (Å²) in [4.78, 5) is 26.7. The summed E-state index contributed by atoms with van der Waals surface area (Å²) in [6, 6.07) is 5.58. The smallest absolute Gasteiger partial charge is 0.292 e. The highest BCUT2D eigenvalue weighted by molar-refractivity contribution is 6.30. The summed E-state index contributed by atoms with van der Waals surface area (Å²) in [5.41, 5.74) is -0.673. The molecule has 0 spiro atoms. The minimum atomic E-state index is -0.620. The Balaban J connectivity index is 2.30. The summed E-state index contributed by atoms with van der Waals surface area (Å²) in [5, 5.41) is 0.232. The Morgan fingerprint density at radius 3 is 2.83 bits per heavy atom. The van der Waals surface area contributed by atoms with Crippen molar-refractivity contribution in [2.75, 3.05) is 0 Å². The van der Waals surface area contributed by atoms with Gasteiger partial charge in [0.15, 0.2) is 5.78 Å². The van der Waals surface area contributed by atoms with Crippen LogP contribution in [0.1, 0.15) is 10.4 Å². The molecule has 1 aromatic heterocycles. The molecule has 0 unspecified atom stereocenters. The van der Waals surface area contributed by atoms with E-state index < -0.39 is 17.3 Å². The lowest BCUT2D eigenvalue weighted by atomic mass is 10.1. The Kier molecular flexibility index (Phi) is 3.53. The van der Waals surface area contributed by atoms with Crippen LogP contribution in [-0.4, -0.2) is 15.3 Å². The van der Waals surface area contributed by atoms with E-state index in [9.17, 15) is 14.0 Å². The van der Waals surface area contributed by atoms with Crippen LogP contribution in [-0.2, 0) is 6.54 Å². The van der Waals surface area contributed by atoms with Crippen LogP contribution in [0.25, 0.3) is 0 Å². The number of halogens is 2. The average molecular weight is 267 g/mol. The van der Waals surface area contributed by atoms with Crippen LogP contribution in [0.3, 0.4) is 0 Å². The quantitative estimate of drug-likeness (QED) is 0.798. The van der Waals surface area contributed by atoms with Gasteiger partial charge in [-0.1, -0.05) is 23.7 Å². The zero-order chi connectivity index (χ0) is 13.1. The Labute approximate surface area is 107 Å². The molecule has 4 nitrogen and oxygen atoms in total. The third kappa shape index (κ3) is 2.62. The molecule has 0 aliphatic carbocycles. The second-order valence-electron chi connectivity index (χ2n) is 3.59. The van der Waals surface area contributed by atoms with Crippen LogP contribution in [0.15, 0.2) is 41.5 Å². The number of hydrogen-bond acceptors (Lipinski definition) is 3. The van der Waals surface area contributed by atoms with Gasteiger partial charge in [0.2, 0.25) is 0 Å². The van der Waals surface area contributed by atoms with E-state index >= 15 is 0 Å². The predicted molar refractivity (Wildman–Crippen MR) is 64.2 cm³/mol. The van der Waals surface area contributed by atoms with Crippen molar-refractivity contribution in [1.82, 2.24) is 9.55 Å². The lowest BCUT2D eigenvalue weighted by Gasteiger charge is -2.05. The third-order valence-corrected chi connectivity index (χ3v) is 2.51. The summed E-state index contributed by atoms with van der Waals surface area (Å²) in [6.45, 7) is -0.298. The van der Waals surface area contributed by atoms with Crippen molar-refractivity contribution in [3.05, 3.63) is 63.5 Å². The van der Waals surface area contributed by atoms with Crippen LogP contribution >= 0.6 is 11.6 Å². The summed E-state index contributed by atoms with van der Waals surface area (Å²) in [6.07, 6.45) is 2.48. The molecule has 2 rings (SSSR count). The SMILES string of the molecule is O=C(Cn1cc(Cl)cnc1=O)c1ccccc1F. The Morgan fingerprint density at radius 2 is 2.11 bits per heavy atom. The molecule has 0 atom stereocenters. The molecule has 18 heavy (non-hydrogen) atoms. The van der Waals surface area contributed by atoms with Gasteiger partial charge >= 0.3 is 5.69 Å². The maximum atomic E-state index is 13.4. The highest BCUT2D eigenvalue weighted by atomic mass is 35.5. The Morgan fingerprint density at radius 1 is 1.39 bits per heavy atom. The lowest BCUT2D eigenvalue weighted by molar-refractivity contribution is 0.0966. The highest BCUT2D eigenvalue weighted by Crippen LogP contribution is 2.08. The maximum absolute atomic E-state index is 13.4. The molecule has 1 aromatic carbocycles. The predicted octanol–water partition coefficient (Wildman–Crippen LogP) is 1.92. The topological polar surface area (TPSA) is 52.0 Å². The molecule has 6 heteroatoms. The Hall–Kier alpha value is -2.01. The van der Waals surface area contributed by atoms with E-state index in [1.807, 2.05) is 0 Å². The molecule has 0 aliphatic heterocycles. The van der Waals surface area contributed by atoms with Gasteiger partial charge in [0, 0.05) is 6.20 Å². The maximum Gasteiger partial charge on any atom is 0.348 e. The van der Waals surface area contributed by atoms with Crippen LogP contribution in [0.4, 0.5) is 4.39 Å². The minimum absolute atomic E-state index is 0.0654. The monoisotopic (exact) mass is 266 g/mol. The molecular weight excluding hydrogens is 259 g/mol. The van der Waals surface area contributed by atoms with Crippen LogP contribution in [0.2, 0.25) is 5.02 Å². The summed E-state index contributed by atoms with van der Waals surface area (Å²) in [7, 11) is 0. The van der Waals surface area contributed by atoms with Crippen LogP contribution in [0, 0.1) is 5.82 Å². The van der Waals surface area contributed by atoms with Gasteiger partial charge < -0.3 is 0 Å². The molecule has 2 aromatic rings. The third-order valence-electron chi connectivity index (χ3n) is 2.31. The molecular formula is C12H8ClFN2O2. The minimum Gasteiger partial charge on any atom is -0.292 e. The molecule has 0 radical (unpaired) electrons. The number of aromatic nitrogens is 2. The van der Waals surface area contributed by atoms with E-state index in [2.05, 4.69) is 4.98 Å². The fourth-order valence-corrected chi connectivity index (χ4v) is 1.64. The number of nitrogens with zero attached hydrogens (tertiary/aromatic N) is 2. The zero-order valence-electron chi connectivity index (χ0n) is 9.14. The standard InChI is InChI=1S/C12H8ClFN2O2/c13-8-5-15-12(18)16(6-8)7-11(17)9-3-1-2-4-10(9)14/h1-6H,7H2. The largest absolute Gasteiger partial charge is 0.348 e. The normalized spacial score (nSPS) is 10.3. The van der Waals surface area contributed by atoms with Gasteiger partial charge in [-0.2, -0.15) is 0 Å². The van der Waals surface area contributed by atoms with Gasteiger partial charge in [0.25, 0.3) is 0 Å². The molecule has 1 heterocycles. The molecule has 92 valence electrons. The number of Topliss-reactive ketones (excluding diaryl/α,β-unsaturated/α-hetero) is 1. The van der Waals surface area contributed by atoms with Gasteiger partial charge in [-0.3, -0.25) is 9.36 Å². The van der Waals surface area contributed by atoms with E-state index in [-0.39, 0.29) is 17.1 Å². The summed E-state index contributed by atoms with van der Waals surface area (Å²) >= 11 is 5.67. The first kappa shape index (κ1) is 12.4. The number of carbonyl (C=O) groups is 1. The number of rotatable bonds is 3. The molecule has 0 N–H and O–H groups in total. The van der Waals surface area contributed by atoms with E-state index in [0.717, 1.165) is 4.57 Å². The van der Waals surface area contributed by atoms with Gasteiger partial charge in [0.05, 0.1) is 23.3 Å². The molecule has 0 bridgehead atoms. The zero-order valence-corrected chi connectivity index (χ0v) is 9.89. The number of hydrogen-bond donors (Lipinski definition) is 0. The first-order valence-electron chi connectivity index (χ1n) is 5.07. The Bertz CT molecular complexity index is 655. The first-order valence-corrected chi connectivity index (χ1v) is 5.45. The van der Waals surface area contributed by atoms with Gasteiger partial charge in [-0.05, 0) is 12.1 Å². The van der Waals surface area contributed by atoms with Crippen molar-refractivity contribution in [1.29, 1.82) is 0 Å². The van der Waals surface area contributed by atoms with E-state index in [4.69, 9.17) is 11.6 Å². The van der Waals surface area contributed by atoms with Crippen molar-refractivity contribution < 1.29 is 9.18 Å². The number of ketones is 1. The van der Waals surface area contributed by atoms with E-state index in [1.54, 1.807) is 6.07 Å². The summed E-state index contributed by atoms with van der Waals surface area (Å²) in [5.74, 6) is -1.13. The van der Waals surface area contributed by atoms with Gasteiger partial charge in [-0.25, -0.2) is 14.2 Å². The van der Waals surface area contributed by atoms with Crippen molar-refractivity contribution in [2.24, 2.45) is 0 Å². The van der Waals surface area contributed by atoms with Gasteiger partial charge in [0.1, 0.15) is 5.82 Å². The van der Waals surface area contributed by atoms with Crippen LogP contribution in [0.5, 0.6) is 0 Å². The van der Waals surface area contributed by atoms with Crippen molar-refractivity contribution in [2.45, 2.75) is 6.54 Å². The number of benzene rings is 1. The fourth-order valence-electron chi connectivity index (χ4n) is 1.47. The van der Waals surface area contributed by atoms with Crippen molar-refractivity contribution in [3.63, 3.8) is 0 Å². The van der Waals surface area contributed by atoms with Crippen molar-refractivity contribution >= 4 is 17.4 Å². The van der Waals surface area contributed by atoms with Gasteiger partial charge in [-0.15, -0.1) is 0 Å². The van der Waals surface area contributed by atoms with Crippen LogP contribution < -0.4 is 5.69 Å². The highest BCUT2D eigenvalue weighted by Gasteiger charge is 2.12. The first-order chi connectivity index (χ1) is 8.58. The summed E-state index contributed by atoms with van der Waals surface area (Å²) < 4.78 is 14.4. The molecule has 0 amide bonds. The molecule has 0 saturated carbocycles. The average Bonchev–Trinajstić information content (AvgIpc) is 2.34. The van der Waals surface area contributed by atoms with E-state index in [0.29, 0.717) is 0 Å². The fraction of sp³-hybridized carbons (Fsp3) is 0.0833. The second kappa shape index (κ2) is 5.10. The van der Waals surface area contributed by atoms with Crippen molar-refractivity contribution in [3.8, 4) is 0 Å². The number of carbonyl (C=O) groups excluding carboxylic acids is 1. The molecule has 0 aliphatic rings. The molecule has 0 fully saturated rings.